The lowest BCUT2D eigenvalue weighted by Crippen LogP contribution is -2.45. The predicted molar refractivity (Wildman–Crippen MR) is 142 cm³/mol. The highest BCUT2D eigenvalue weighted by Crippen LogP contribution is 2.43. The van der Waals surface area contributed by atoms with Crippen molar-refractivity contribution in [1.29, 1.82) is 0 Å². The van der Waals surface area contributed by atoms with Gasteiger partial charge >= 0.3 is 0 Å². The third-order valence-corrected chi connectivity index (χ3v) is 7.04. The van der Waals surface area contributed by atoms with Crippen LogP contribution in [0.4, 0.5) is 0 Å². The molecule has 0 aromatic heterocycles. The molecule has 0 radical (unpaired) electrons. The number of hydrogen-bond acceptors (Lipinski definition) is 7. The molecule has 1 N–H and O–H groups in total. The fraction of sp³-hybridized carbons (Fsp3) is 0.300. The Morgan fingerprint density at radius 1 is 0.946 bits per heavy atom. The van der Waals surface area contributed by atoms with Crippen molar-refractivity contribution in [2.75, 3.05) is 40.4 Å². The number of rotatable bonds is 7. The number of aromatic hydroxyl groups is 1. The number of methoxy groups -OCH3 is 2. The number of phenolic OH excluding ortho intramolecular Hbond substituents is 1. The first-order chi connectivity index (χ1) is 18.0. The minimum absolute atomic E-state index is 0.149. The summed E-state index contributed by atoms with van der Waals surface area (Å²) in [6.07, 6.45) is 1.67. The number of piperazine rings is 1. The first-order valence-corrected chi connectivity index (χ1v) is 12.5. The summed E-state index contributed by atoms with van der Waals surface area (Å²) in [7, 11) is 3.13. The van der Waals surface area contributed by atoms with Gasteiger partial charge in [0.25, 0.3) is 0 Å². The van der Waals surface area contributed by atoms with Crippen LogP contribution in [0.3, 0.4) is 0 Å². The number of aryl methyl sites for hydroxylation is 1. The summed E-state index contributed by atoms with van der Waals surface area (Å²) in [6, 6.07) is 17.6. The quantitative estimate of drug-likeness (QED) is 0.474. The van der Waals surface area contributed by atoms with Crippen LogP contribution < -0.4 is 14.2 Å². The maximum Gasteiger partial charge on any atom is 0.232 e. The van der Waals surface area contributed by atoms with Crippen molar-refractivity contribution in [1.82, 2.24) is 9.80 Å². The summed E-state index contributed by atoms with van der Waals surface area (Å²) in [5.41, 5.74) is 3.82. The minimum atomic E-state index is -0.202. The number of carbonyl (C=O) groups is 1. The number of nitrogens with zero attached hydrogens (tertiary/aromatic N) is 2. The van der Waals surface area contributed by atoms with Crippen molar-refractivity contribution in [2.24, 2.45) is 0 Å². The van der Waals surface area contributed by atoms with Gasteiger partial charge in [-0.3, -0.25) is 14.6 Å². The molecule has 0 amide bonds. The van der Waals surface area contributed by atoms with E-state index >= 15 is 0 Å². The zero-order valence-corrected chi connectivity index (χ0v) is 21.5. The summed E-state index contributed by atoms with van der Waals surface area (Å²) in [4.78, 5) is 18.1. The highest BCUT2D eigenvalue weighted by Gasteiger charge is 2.34. The van der Waals surface area contributed by atoms with Crippen LogP contribution in [-0.2, 0) is 13.1 Å². The van der Waals surface area contributed by atoms with Crippen molar-refractivity contribution < 1.29 is 24.1 Å². The first kappa shape index (κ1) is 24.9. The van der Waals surface area contributed by atoms with E-state index in [1.165, 1.54) is 5.56 Å². The van der Waals surface area contributed by atoms with Crippen LogP contribution in [-0.4, -0.2) is 61.1 Å². The molecule has 3 aromatic carbocycles. The molecule has 3 aromatic rings. The van der Waals surface area contributed by atoms with Gasteiger partial charge in [-0.2, -0.15) is 0 Å². The predicted octanol–water partition coefficient (Wildman–Crippen LogP) is 4.65. The van der Waals surface area contributed by atoms with E-state index in [2.05, 4.69) is 34.1 Å². The molecule has 7 heteroatoms. The number of benzene rings is 3. The van der Waals surface area contributed by atoms with E-state index in [0.717, 1.165) is 32.7 Å². The number of Topliss-reactive ketones (excluding diaryl/α,β-unsaturated/α-hetero) is 1. The van der Waals surface area contributed by atoms with Crippen molar-refractivity contribution in [3.63, 3.8) is 0 Å². The molecule has 2 aliphatic heterocycles. The number of phenols is 1. The smallest absolute Gasteiger partial charge is 0.232 e. The average Bonchev–Trinajstić information content (AvgIpc) is 3.24. The van der Waals surface area contributed by atoms with E-state index in [-0.39, 0.29) is 17.3 Å². The summed E-state index contributed by atoms with van der Waals surface area (Å²) >= 11 is 0. The molecule has 0 atom stereocenters. The van der Waals surface area contributed by atoms with Crippen molar-refractivity contribution in [2.45, 2.75) is 20.0 Å². The molecule has 1 fully saturated rings. The summed E-state index contributed by atoms with van der Waals surface area (Å²) in [5, 5.41) is 10.9. The molecule has 7 nitrogen and oxygen atoms in total. The Hall–Kier alpha value is -3.81. The first-order valence-electron chi connectivity index (χ1n) is 12.5. The van der Waals surface area contributed by atoms with Gasteiger partial charge in [0, 0.05) is 44.8 Å². The lowest BCUT2D eigenvalue weighted by molar-refractivity contribution is 0.101. The number of para-hydroxylation sites is 1. The topological polar surface area (TPSA) is 71.5 Å². The maximum absolute atomic E-state index is 13.4. The number of ether oxygens (including phenoxy) is 3. The van der Waals surface area contributed by atoms with E-state index in [1.807, 2.05) is 25.1 Å². The van der Waals surface area contributed by atoms with Crippen LogP contribution in [0.15, 0.2) is 60.4 Å². The molecule has 0 bridgehead atoms. The van der Waals surface area contributed by atoms with Gasteiger partial charge in [0.15, 0.2) is 17.3 Å². The Bertz CT molecular complexity index is 1330. The standard InChI is InChI=1S/C30H32N2O5/c1-20-16-24(33)23(19-32-14-12-31(13-15-32)18-21-8-5-4-6-9-21)30-27(20)28(34)26(37-30)17-22-10-7-11-25(35-2)29(22)36-3/h4-11,16-17,33H,12-15,18-19H2,1-3H3/b26-17-. The Morgan fingerprint density at radius 3 is 2.32 bits per heavy atom. The van der Waals surface area contributed by atoms with Gasteiger partial charge in [0.2, 0.25) is 5.78 Å². The zero-order chi connectivity index (χ0) is 25.9. The fourth-order valence-corrected chi connectivity index (χ4v) is 5.07. The molecule has 0 spiro atoms. The molecule has 0 unspecified atom stereocenters. The molecular formula is C30H32N2O5. The second-order valence-electron chi connectivity index (χ2n) is 9.46. The van der Waals surface area contributed by atoms with Crippen LogP contribution in [0.5, 0.6) is 23.0 Å². The second-order valence-corrected chi connectivity index (χ2v) is 9.46. The average molecular weight is 501 g/mol. The SMILES string of the molecule is COc1cccc(/C=C2\Oc3c(CN4CCN(Cc5ccccc5)CC4)c(O)cc(C)c3C2=O)c1OC. The van der Waals surface area contributed by atoms with Crippen molar-refractivity contribution in [3.8, 4) is 23.0 Å². The van der Waals surface area contributed by atoms with E-state index < -0.39 is 0 Å². The molecule has 37 heavy (non-hydrogen) atoms. The molecule has 2 aliphatic rings. The Labute approximate surface area is 217 Å². The Balaban J connectivity index is 1.35. The summed E-state index contributed by atoms with van der Waals surface area (Å²) in [5.74, 6) is 1.69. The van der Waals surface area contributed by atoms with Crippen LogP contribution in [0.2, 0.25) is 0 Å². The van der Waals surface area contributed by atoms with Gasteiger partial charge in [0.05, 0.1) is 25.3 Å². The third-order valence-electron chi connectivity index (χ3n) is 7.04. The molecular weight excluding hydrogens is 468 g/mol. The normalized spacial score (nSPS) is 17.1. The number of hydrogen-bond donors (Lipinski definition) is 1. The van der Waals surface area contributed by atoms with Crippen molar-refractivity contribution in [3.05, 3.63) is 88.2 Å². The van der Waals surface area contributed by atoms with Crippen LogP contribution in [0, 0.1) is 6.92 Å². The van der Waals surface area contributed by atoms with Gasteiger partial charge < -0.3 is 19.3 Å². The van der Waals surface area contributed by atoms with E-state index in [1.54, 1.807) is 32.4 Å². The largest absolute Gasteiger partial charge is 0.507 e. The molecule has 0 saturated carbocycles. The minimum Gasteiger partial charge on any atom is -0.507 e. The van der Waals surface area contributed by atoms with E-state index in [9.17, 15) is 9.90 Å². The van der Waals surface area contributed by atoms with E-state index in [0.29, 0.717) is 46.0 Å². The molecule has 1 saturated heterocycles. The van der Waals surface area contributed by atoms with Crippen LogP contribution in [0.1, 0.15) is 32.6 Å². The van der Waals surface area contributed by atoms with Gasteiger partial charge in [-0.25, -0.2) is 0 Å². The monoisotopic (exact) mass is 500 g/mol. The van der Waals surface area contributed by atoms with Gasteiger partial charge in [-0.05, 0) is 36.3 Å². The second kappa shape index (κ2) is 10.7. The van der Waals surface area contributed by atoms with Gasteiger partial charge in [-0.15, -0.1) is 0 Å². The summed E-state index contributed by atoms with van der Waals surface area (Å²) in [6.45, 7) is 6.87. The van der Waals surface area contributed by atoms with Crippen LogP contribution in [0.25, 0.3) is 6.08 Å². The molecule has 192 valence electrons. The molecule has 0 aliphatic carbocycles. The molecule has 5 rings (SSSR count). The Kier molecular flexibility index (Phi) is 7.17. The van der Waals surface area contributed by atoms with E-state index in [4.69, 9.17) is 14.2 Å². The highest BCUT2D eigenvalue weighted by atomic mass is 16.5. The zero-order valence-electron chi connectivity index (χ0n) is 21.5. The highest BCUT2D eigenvalue weighted by molar-refractivity contribution is 6.16. The maximum atomic E-state index is 13.4. The molecule has 2 heterocycles. The number of fused-ring (bicyclic) bond motifs is 1. The third kappa shape index (κ3) is 5.05. The van der Waals surface area contributed by atoms with Gasteiger partial charge in [0.1, 0.15) is 11.5 Å². The lowest BCUT2D eigenvalue weighted by atomic mass is 9.99. The van der Waals surface area contributed by atoms with Gasteiger partial charge in [-0.1, -0.05) is 42.5 Å². The number of allylic oxidation sites excluding steroid dienone is 1. The summed E-state index contributed by atoms with van der Waals surface area (Å²) < 4.78 is 17.1. The van der Waals surface area contributed by atoms with Crippen LogP contribution >= 0.6 is 0 Å². The van der Waals surface area contributed by atoms with Crippen molar-refractivity contribution >= 4 is 11.9 Å². The number of carbonyl (C=O) groups excluding carboxylic acids is 1. The number of ketones is 1. The fourth-order valence-electron chi connectivity index (χ4n) is 5.07. The Morgan fingerprint density at radius 2 is 1.65 bits per heavy atom. The lowest BCUT2D eigenvalue weighted by Gasteiger charge is -2.35.